The van der Waals surface area contributed by atoms with E-state index in [0.717, 1.165) is 30.7 Å². The SMILES string of the molecule is ON1CCCCC(=S)C1. The number of thiocarbonyl (C=S) groups is 1. The maximum atomic E-state index is 9.01. The van der Waals surface area contributed by atoms with Gasteiger partial charge in [0.1, 0.15) is 0 Å². The minimum absolute atomic E-state index is 0.593. The first-order chi connectivity index (χ1) is 4.29. The first kappa shape index (κ1) is 7.12. The Morgan fingerprint density at radius 2 is 2.22 bits per heavy atom. The van der Waals surface area contributed by atoms with Gasteiger partial charge in [0.15, 0.2) is 0 Å². The number of hydrogen-bond donors (Lipinski definition) is 1. The molecular weight excluding hydrogens is 134 g/mol. The second kappa shape index (κ2) is 3.25. The van der Waals surface area contributed by atoms with Crippen molar-refractivity contribution >= 4 is 17.1 Å². The molecule has 0 saturated carbocycles. The maximum Gasteiger partial charge on any atom is 0.0552 e. The van der Waals surface area contributed by atoms with Crippen LogP contribution in [0.5, 0.6) is 0 Å². The molecule has 2 nitrogen and oxygen atoms in total. The molecule has 52 valence electrons. The van der Waals surface area contributed by atoms with E-state index in [9.17, 15) is 0 Å². The number of rotatable bonds is 0. The summed E-state index contributed by atoms with van der Waals surface area (Å²) in [4.78, 5) is 0.981. The summed E-state index contributed by atoms with van der Waals surface area (Å²) in [6.07, 6.45) is 3.21. The van der Waals surface area contributed by atoms with Crippen molar-refractivity contribution in [3.05, 3.63) is 0 Å². The summed E-state index contributed by atoms with van der Waals surface area (Å²) in [5.74, 6) is 0. The summed E-state index contributed by atoms with van der Waals surface area (Å²) < 4.78 is 0. The van der Waals surface area contributed by atoms with E-state index < -0.39 is 0 Å². The second-order valence-electron chi connectivity index (χ2n) is 2.38. The van der Waals surface area contributed by atoms with Crippen LogP contribution >= 0.6 is 12.2 Å². The van der Waals surface area contributed by atoms with E-state index in [4.69, 9.17) is 17.4 Å². The molecule has 9 heavy (non-hydrogen) atoms. The maximum absolute atomic E-state index is 9.01. The molecule has 0 aromatic carbocycles. The van der Waals surface area contributed by atoms with Crippen molar-refractivity contribution in [1.82, 2.24) is 5.06 Å². The van der Waals surface area contributed by atoms with Crippen LogP contribution in [-0.4, -0.2) is 28.2 Å². The van der Waals surface area contributed by atoms with Crippen LogP contribution in [0.1, 0.15) is 19.3 Å². The average Bonchev–Trinajstić information content (AvgIpc) is 1.93. The molecule has 0 spiro atoms. The zero-order valence-corrected chi connectivity index (χ0v) is 6.15. The van der Waals surface area contributed by atoms with E-state index >= 15 is 0 Å². The highest BCUT2D eigenvalue weighted by atomic mass is 32.1. The lowest BCUT2D eigenvalue weighted by Gasteiger charge is -2.08. The molecule has 0 amide bonds. The lowest BCUT2D eigenvalue weighted by Crippen LogP contribution is -2.23. The van der Waals surface area contributed by atoms with Gasteiger partial charge in [-0.1, -0.05) is 12.2 Å². The lowest BCUT2D eigenvalue weighted by molar-refractivity contribution is -0.0745. The van der Waals surface area contributed by atoms with Crippen molar-refractivity contribution in [1.29, 1.82) is 0 Å². The zero-order chi connectivity index (χ0) is 6.69. The van der Waals surface area contributed by atoms with Crippen LogP contribution in [0.15, 0.2) is 0 Å². The molecule has 0 atom stereocenters. The fourth-order valence-corrected chi connectivity index (χ4v) is 1.27. The Hall–Kier alpha value is 0.01000. The molecule has 0 aromatic heterocycles. The fourth-order valence-electron chi connectivity index (χ4n) is 0.978. The monoisotopic (exact) mass is 145 g/mol. The minimum atomic E-state index is 0.593. The largest absolute Gasteiger partial charge is 0.314 e. The predicted molar refractivity (Wildman–Crippen MR) is 39.8 cm³/mol. The van der Waals surface area contributed by atoms with Gasteiger partial charge < -0.3 is 5.21 Å². The predicted octanol–water partition coefficient (Wildman–Crippen LogP) is 1.23. The lowest BCUT2D eigenvalue weighted by atomic mass is 10.2. The molecule has 1 heterocycles. The molecule has 1 saturated heterocycles. The van der Waals surface area contributed by atoms with E-state index in [0.29, 0.717) is 6.54 Å². The minimum Gasteiger partial charge on any atom is -0.314 e. The third-order valence-corrected chi connectivity index (χ3v) is 1.81. The van der Waals surface area contributed by atoms with E-state index in [1.165, 1.54) is 5.06 Å². The van der Waals surface area contributed by atoms with Gasteiger partial charge in [-0.05, 0) is 19.3 Å². The molecule has 1 N–H and O–H groups in total. The fraction of sp³-hybridized carbons (Fsp3) is 0.833. The van der Waals surface area contributed by atoms with Crippen LogP contribution in [-0.2, 0) is 0 Å². The molecule has 0 aliphatic carbocycles. The molecule has 1 aliphatic heterocycles. The zero-order valence-electron chi connectivity index (χ0n) is 5.34. The summed E-state index contributed by atoms with van der Waals surface area (Å²) in [5.41, 5.74) is 0. The molecule has 1 fully saturated rings. The highest BCUT2D eigenvalue weighted by Crippen LogP contribution is 2.05. The Kier molecular flexibility index (Phi) is 2.57. The molecule has 0 aromatic rings. The van der Waals surface area contributed by atoms with Crippen molar-refractivity contribution < 1.29 is 5.21 Å². The summed E-state index contributed by atoms with van der Waals surface area (Å²) in [7, 11) is 0. The van der Waals surface area contributed by atoms with E-state index in [1.807, 2.05) is 0 Å². The topological polar surface area (TPSA) is 23.5 Å². The van der Waals surface area contributed by atoms with Gasteiger partial charge in [-0.2, -0.15) is 5.06 Å². The van der Waals surface area contributed by atoms with Crippen LogP contribution < -0.4 is 0 Å². The Labute approximate surface area is 60.4 Å². The van der Waals surface area contributed by atoms with Gasteiger partial charge in [-0.3, -0.25) is 0 Å². The average molecular weight is 145 g/mol. The summed E-state index contributed by atoms with van der Waals surface area (Å²) in [5, 5.41) is 10.3. The smallest absolute Gasteiger partial charge is 0.0552 e. The van der Waals surface area contributed by atoms with Gasteiger partial charge >= 0.3 is 0 Å². The van der Waals surface area contributed by atoms with Crippen molar-refractivity contribution in [2.45, 2.75) is 19.3 Å². The molecule has 0 bridgehead atoms. The number of hydrogen-bond acceptors (Lipinski definition) is 3. The third kappa shape index (κ3) is 2.39. The van der Waals surface area contributed by atoms with Gasteiger partial charge in [0.05, 0.1) is 6.54 Å². The Morgan fingerprint density at radius 3 is 3.00 bits per heavy atom. The standard InChI is InChI=1S/C6H11NOS/c8-7-4-2-1-3-6(9)5-7/h8H,1-5H2. The van der Waals surface area contributed by atoms with Crippen LogP contribution in [0.2, 0.25) is 0 Å². The number of nitrogens with zero attached hydrogens (tertiary/aromatic N) is 1. The van der Waals surface area contributed by atoms with Gasteiger partial charge in [0.25, 0.3) is 0 Å². The van der Waals surface area contributed by atoms with Gasteiger partial charge in [-0.25, -0.2) is 0 Å². The van der Waals surface area contributed by atoms with Crippen molar-refractivity contribution in [2.24, 2.45) is 0 Å². The van der Waals surface area contributed by atoms with Crippen LogP contribution in [0.25, 0.3) is 0 Å². The molecule has 1 rings (SSSR count). The third-order valence-electron chi connectivity index (χ3n) is 1.48. The second-order valence-corrected chi connectivity index (χ2v) is 2.96. The summed E-state index contributed by atoms with van der Waals surface area (Å²) >= 11 is 4.97. The molecular formula is C6H11NOS. The first-order valence-corrected chi connectivity index (χ1v) is 3.65. The Balaban J connectivity index is 2.37. The van der Waals surface area contributed by atoms with Crippen LogP contribution in [0.3, 0.4) is 0 Å². The summed E-state index contributed by atoms with van der Waals surface area (Å²) in [6.45, 7) is 1.37. The molecule has 3 heteroatoms. The van der Waals surface area contributed by atoms with E-state index in [1.54, 1.807) is 0 Å². The quantitative estimate of drug-likeness (QED) is 0.519. The van der Waals surface area contributed by atoms with Gasteiger partial charge in [0.2, 0.25) is 0 Å². The van der Waals surface area contributed by atoms with Crippen molar-refractivity contribution in [2.75, 3.05) is 13.1 Å². The van der Waals surface area contributed by atoms with Crippen molar-refractivity contribution in [3.63, 3.8) is 0 Å². The van der Waals surface area contributed by atoms with Crippen LogP contribution in [0, 0.1) is 0 Å². The highest BCUT2D eigenvalue weighted by Gasteiger charge is 2.08. The van der Waals surface area contributed by atoms with Gasteiger partial charge in [-0.15, -0.1) is 0 Å². The number of hydroxylamine groups is 2. The molecule has 0 radical (unpaired) electrons. The van der Waals surface area contributed by atoms with Crippen molar-refractivity contribution in [3.8, 4) is 0 Å². The first-order valence-electron chi connectivity index (χ1n) is 3.24. The normalized spacial score (nSPS) is 23.9. The Morgan fingerprint density at radius 1 is 1.44 bits per heavy atom. The molecule has 0 unspecified atom stereocenters. The summed E-state index contributed by atoms with van der Waals surface area (Å²) in [6, 6.07) is 0. The van der Waals surface area contributed by atoms with E-state index in [-0.39, 0.29) is 0 Å². The molecule has 1 aliphatic rings. The highest BCUT2D eigenvalue weighted by molar-refractivity contribution is 7.80. The van der Waals surface area contributed by atoms with E-state index in [2.05, 4.69) is 0 Å². The van der Waals surface area contributed by atoms with Gasteiger partial charge in [0, 0.05) is 11.4 Å². The Bertz CT molecular complexity index is 116. The van der Waals surface area contributed by atoms with Crippen LogP contribution in [0.4, 0.5) is 0 Å².